The van der Waals surface area contributed by atoms with Crippen molar-refractivity contribution in [2.45, 2.75) is 44.0 Å². The van der Waals surface area contributed by atoms with Crippen LogP contribution in [-0.4, -0.2) is 14.5 Å². The van der Waals surface area contributed by atoms with Crippen molar-refractivity contribution in [1.82, 2.24) is 0 Å². The fourth-order valence-electron chi connectivity index (χ4n) is 1.69. The number of sulfonamides is 1. The molecule has 0 fully saturated rings. The van der Waals surface area contributed by atoms with Gasteiger partial charge in [-0.25, -0.2) is 13.6 Å². The standard InChI is InChI=1S/C12H21N3O2S/c1-3-4-5-9(2)15-12-8-10(18(14,16)17)6-7-11(12)13/h6-9,15H,3-5,13H2,1-2H3,(H2,14,16,17). The SMILES string of the molecule is CCCCC(C)Nc1cc(S(N)(=O)=O)ccc1N. The van der Waals surface area contributed by atoms with E-state index in [1.54, 1.807) is 6.07 Å². The Kier molecular flexibility index (Phi) is 4.98. The first-order valence-corrected chi connectivity index (χ1v) is 7.58. The highest BCUT2D eigenvalue weighted by atomic mass is 32.2. The number of hydrogen-bond donors (Lipinski definition) is 3. The lowest BCUT2D eigenvalue weighted by Gasteiger charge is -2.17. The molecule has 1 unspecified atom stereocenters. The lowest BCUT2D eigenvalue weighted by Crippen LogP contribution is -2.17. The first-order valence-electron chi connectivity index (χ1n) is 6.03. The number of primary sulfonamides is 1. The molecule has 5 nitrogen and oxygen atoms in total. The third-order valence-electron chi connectivity index (χ3n) is 2.75. The van der Waals surface area contributed by atoms with Crippen molar-refractivity contribution in [1.29, 1.82) is 0 Å². The van der Waals surface area contributed by atoms with Crippen LogP contribution < -0.4 is 16.2 Å². The van der Waals surface area contributed by atoms with Crippen molar-refractivity contribution >= 4 is 21.4 Å². The summed E-state index contributed by atoms with van der Waals surface area (Å²) in [6.45, 7) is 4.17. The van der Waals surface area contributed by atoms with E-state index < -0.39 is 10.0 Å². The Labute approximate surface area is 109 Å². The Morgan fingerprint density at radius 3 is 2.61 bits per heavy atom. The van der Waals surface area contributed by atoms with Crippen LogP contribution in [0.15, 0.2) is 23.1 Å². The maximum Gasteiger partial charge on any atom is 0.238 e. The van der Waals surface area contributed by atoms with E-state index in [0.29, 0.717) is 11.4 Å². The lowest BCUT2D eigenvalue weighted by atomic mass is 10.1. The number of nitrogens with one attached hydrogen (secondary N) is 1. The minimum Gasteiger partial charge on any atom is -0.397 e. The Bertz CT molecular complexity index is 500. The van der Waals surface area contributed by atoms with Crippen molar-refractivity contribution in [3.63, 3.8) is 0 Å². The highest BCUT2D eigenvalue weighted by Crippen LogP contribution is 2.23. The van der Waals surface area contributed by atoms with Gasteiger partial charge in [0.1, 0.15) is 0 Å². The Hall–Kier alpha value is -1.27. The highest BCUT2D eigenvalue weighted by Gasteiger charge is 2.11. The number of hydrogen-bond acceptors (Lipinski definition) is 4. The molecule has 0 saturated heterocycles. The fourth-order valence-corrected chi connectivity index (χ4v) is 2.23. The number of rotatable bonds is 6. The maximum atomic E-state index is 11.3. The normalized spacial score (nSPS) is 13.3. The molecule has 18 heavy (non-hydrogen) atoms. The summed E-state index contributed by atoms with van der Waals surface area (Å²) in [5, 5.41) is 8.30. The molecular formula is C12H21N3O2S. The van der Waals surface area contributed by atoms with Gasteiger partial charge in [0, 0.05) is 6.04 Å². The second-order valence-electron chi connectivity index (χ2n) is 4.48. The number of nitrogens with two attached hydrogens (primary N) is 2. The molecule has 1 rings (SSSR count). The van der Waals surface area contributed by atoms with Crippen LogP contribution in [0.5, 0.6) is 0 Å². The summed E-state index contributed by atoms with van der Waals surface area (Å²) >= 11 is 0. The molecule has 0 aromatic heterocycles. The van der Waals surface area contributed by atoms with E-state index in [1.165, 1.54) is 12.1 Å². The predicted molar refractivity (Wildman–Crippen MR) is 74.8 cm³/mol. The zero-order valence-electron chi connectivity index (χ0n) is 10.8. The molecular weight excluding hydrogens is 250 g/mol. The second-order valence-corrected chi connectivity index (χ2v) is 6.04. The van der Waals surface area contributed by atoms with Gasteiger partial charge in [-0.2, -0.15) is 0 Å². The summed E-state index contributed by atoms with van der Waals surface area (Å²) in [5.41, 5.74) is 6.95. The summed E-state index contributed by atoms with van der Waals surface area (Å²) in [5.74, 6) is 0. The molecule has 0 aliphatic rings. The molecule has 0 aliphatic heterocycles. The molecule has 0 spiro atoms. The first-order chi connectivity index (χ1) is 8.34. The zero-order valence-corrected chi connectivity index (χ0v) is 11.6. The van der Waals surface area contributed by atoms with E-state index in [2.05, 4.69) is 12.2 Å². The van der Waals surface area contributed by atoms with Crippen LogP contribution in [0.1, 0.15) is 33.1 Å². The van der Waals surface area contributed by atoms with Gasteiger partial charge < -0.3 is 11.1 Å². The molecule has 6 heteroatoms. The molecule has 0 bridgehead atoms. The number of nitrogen functional groups attached to an aromatic ring is 1. The molecule has 0 radical (unpaired) electrons. The van der Waals surface area contributed by atoms with Gasteiger partial charge in [-0.15, -0.1) is 0 Å². The number of anilines is 2. The minimum atomic E-state index is -3.69. The van der Waals surface area contributed by atoms with E-state index in [-0.39, 0.29) is 10.9 Å². The van der Waals surface area contributed by atoms with E-state index in [0.717, 1.165) is 19.3 Å². The minimum absolute atomic E-state index is 0.0712. The molecule has 0 amide bonds. The Balaban J connectivity index is 2.88. The predicted octanol–water partition coefficient (Wildman–Crippen LogP) is 1.91. The molecule has 0 aliphatic carbocycles. The van der Waals surface area contributed by atoms with Crippen molar-refractivity contribution in [2.75, 3.05) is 11.1 Å². The van der Waals surface area contributed by atoms with Gasteiger partial charge in [0.15, 0.2) is 0 Å². The Morgan fingerprint density at radius 1 is 1.39 bits per heavy atom. The average Bonchev–Trinajstić information content (AvgIpc) is 2.28. The molecule has 1 aromatic rings. The van der Waals surface area contributed by atoms with Crippen LogP contribution >= 0.6 is 0 Å². The zero-order chi connectivity index (χ0) is 13.8. The maximum absolute atomic E-state index is 11.3. The smallest absolute Gasteiger partial charge is 0.238 e. The Morgan fingerprint density at radius 2 is 2.06 bits per heavy atom. The van der Waals surface area contributed by atoms with Crippen LogP contribution in [-0.2, 0) is 10.0 Å². The molecule has 0 heterocycles. The van der Waals surface area contributed by atoms with Gasteiger partial charge in [-0.3, -0.25) is 0 Å². The average molecular weight is 271 g/mol. The van der Waals surface area contributed by atoms with Crippen LogP contribution in [0.2, 0.25) is 0 Å². The van der Waals surface area contributed by atoms with E-state index in [9.17, 15) is 8.42 Å². The van der Waals surface area contributed by atoms with Gasteiger partial charge in [0.25, 0.3) is 0 Å². The van der Waals surface area contributed by atoms with Crippen molar-refractivity contribution < 1.29 is 8.42 Å². The topological polar surface area (TPSA) is 98.2 Å². The van der Waals surface area contributed by atoms with Crippen LogP contribution in [0.3, 0.4) is 0 Å². The largest absolute Gasteiger partial charge is 0.397 e. The van der Waals surface area contributed by atoms with Gasteiger partial charge in [0.2, 0.25) is 10.0 Å². The number of unbranched alkanes of at least 4 members (excludes halogenated alkanes) is 1. The number of benzene rings is 1. The highest BCUT2D eigenvalue weighted by molar-refractivity contribution is 7.89. The third-order valence-corrected chi connectivity index (χ3v) is 3.66. The van der Waals surface area contributed by atoms with Crippen LogP contribution in [0.25, 0.3) is 0 Å². The van der Waals surface area contributed by atoms with Crippen molar-refractivity contribution in [2.24, 2.45) is 5.14 Å². The van der Waals surface area contributed by atoms with E-state index in [4.69, 9.17) is 10.9 Å². The fraction of sp³-hybridized carbons (Fsp3) is 0.500. The first kappa shape index (κ1) is 14.8. The quantitative estimate of drug-likeness (QED) is 0.688. The van der Waals surface area contributed by atoms with Crippen LogP contribution in [0, 0.1) is 0 Å². The summed E-state index contributed by atoms with van der Waals surface area (Å²) in [7, 11) is -3.69. The summed E-state index contributed by atoms with van der Waals surface area (Å²) < 4.78 is 22.5. The monoisotopic (exact) mass is 271 g/mol. The van der Waals surface area contributed by atoms with Gasteiger partial charge in [0.05, 0.1) is 16.3 Å². The van der Waals surface area contributed by atoms with Crippen molar-refractivity contribution in [3.05, 3.63) is 18.2 Å². The second kappa shape index (κ2) is 6.06. The van der Waals surface area contributed by atoms with E-state index >= 15 is 0 Å². The van der Waals surface area contributed by atoms with E-state index in [1.807, 2.05) is 6.92 Å². The van der Waals surface area contributed by atoms with Crippen molar-refractivity contribution in [3.8, 4) is 0 Å². The molecule has 102 valence electrons. The van der Waals surface area contributed by atoms with Gasteiger partial charge in [-0.05, 0) is 31.5 Å². The molecule has 5 N–H and O–H groups in total. The molecule has 1 atom stereocenters. The van der Waals surface area contributed by atoms with Gasteiger partial charge >= 0.3 is 0 Å². The van der Waals surface area contributed by atoms with Gasteiger partial charge in [-0.1, -0.05) is 19.8 Å². The molecule has 1 aromatic carbocycles. The lowest BCUT2D eigenvalue weighted by molar-refractivity contribution is 0.597. The summed E-state index contributed by atoms with van der Waals surface area (Å²) in [4.78, 5) is 0.0712. The molecule has 0 saturated carbocycles. The third kappa shape index (κ3) is 4.19. The summed E-state index contributed by atoms with van der Waals surface area (Å²) in [6, 6.07) is 4.68. The van der Waals surface area contributed by atoms with Crippen LogP contribution in [0.4, 0.5) is 11.4 Å². The summed E-state index contributed by atoms with van der Waals surface area (Å²) in [6.07, 6.45) is 3.25.